The van der Waals surface area contributed by atoms with Gasteiger partial charge in [0.25, 0.3) is 0 Å². The van der Waals surface area contributed by atoms with Gasteiger partial charge in [-0.3, -0.25) is 14.3 Å². The fraction of sp³-hybridized carbons (Fsp3) is 0.357. The summed E-state index contributed by atoms with van der Waals surface area (Å²) in [6.45, 7) is 3.60. The maximum Gasteiger partial charge on any atom is 0.191 e. The third kappa shape index (κ3) is 2.18. The van der Waals surface area contributed by atoms with Crippen LogP contribution in [0.2, 0.25) is 0 Å². The average Bonchev–Trinajstić information content (AvgIpc) is 2.67. The number of nitrogens with zero attached hydrogens (tertiary/aromatic N) is 2. The molecule has 2 rings (SSSR count). The van der Waals surface area contributed by atoms with Gasteiger partial charge >= 0.3 is 0 Å². The Morgan fingerprint density at radius 3 is 2.61 bits per heavy atom. The van der Waals surface area contributed by atoms with Crippen molar-refractivity contribution in [1.82, 2.24) is 9.78 Å². The summed E-state index contributed by atoms with van der Waals surface area (Å²) in [5.74, 6) is -0.371. The molecule has 0 spiro atoms. The first-order chi connectivity index (χ1) is 8.50. The maximum absolute atomic E-state index is 12.1. The lowest BCUT2D eigenvalue weighted by molar-refractivity contribution is -0.121. The molecule has 4 nitrogen and oxygen atoms in total. The zero-order valence-corrected chi connectivity index (χ0v) is 10.8. The molecule has 0 aliphatic carbocycles. The first-order valence-corrected chi connectivity index (χ1v) is 5.98. The Hall–Kier alpha value is -1.97. The molecule has 94 valence electrons. The third-order valence-electron chi connectivity index (χ3n) is 3.00. The van der Waals surface area contributed by atoms with Crippen molar-refractivity contribution < 1.29 is 9.59 Å². The summed E-state index contributed by atoms with van der Waals surface area (Å²) in [4.78, 5) is 23.7. The number of aromatic nitrogens is 2. The van der Waals surface area contributed by atoms with Gasteiger partial charge in [-0.25, -0.2) is 0 Å². The Bertz CT molecular complexity index is 611. The summed E-state index contributed by atoms with van der Waals surface area (Å²) >= 11 is 0. The van der Waals surface area contributed by atoms with E-state index in [1.165, 1.54) is 0 Å². The first kappa shape index (κ1) is 12.5. The summed E-state index contributed by atoms with van der Waals surface area (Å²) in [5, 5.41) is 5.02. The molecule has 0 radical (unpaired) electrons. The standard InChI is InChI=1S/C14H16N2O2/c1-9(2)12(17)8-13(18)14-10-6-4-5-7-11(10)16(3)15-14/h4-7,9H,8H2,1-3H3. The Morgan fingerprint density at radius 2 is 1.94 bits per heavy atom. The summed E-state index contributed by atoms with van der Waals surface area (Å²) in [5.41, 5.74) is 1.29. The van der Waals surface area contributed by atoms with Crippen molar-refractivity contribution in [1.29, 1.82) is 0 Å². The monoisotopic (exact) mass is 244 g/mol. The number of carbonyl (C=O) groups is 2. The van der Waals surface area contributed by atoms with Gasteiger partial charge in [-0.1, -0.05) is 32.0 Å². The lowest BCUT2D eigenvalue weighted by atomic mass is 10.0. The number of aryl methyl sites for hydroxylation is 1. The number of fused-ring (bicyclic) bond motifs is 1. The fourth-order valence-electron chi connectivity index (χ4n) is 1.87. The molecule has 4 heteroatoms. The van der Waals surface area contributed by atoms with E-state index < -0.39 is 0 Å². The zero-order chi connectivity index (χ0) is 13.3. The second kappa shape index (κ2) is 4.72. The molecule has 0 saturated heterocycles. The van der Waals surface area contributed by atoms with E-state index in [0.29, 0.717) is 5.69 Å². The Labute approximate surface area is 106 Å². The molecule has 0 N–H and O–H groups in total. The van der Waals surface area contributed by atoms with Crippen molar-refractivity contribution in [3.05, 3.63) is 30.0 Å². The van der Waals surface area contributed by atoms with Crippen LogP contribution < -0.4 is 0 Å². The lowest BCUT2D eigenvalue weighted by Gasteiger charge is -2.01. The molecular formula is C14H16N2O2. The first-order valence-electron chi connectivity index (χ1n) is 5.98. The molecule has 1 aromatic heterocycles. The largest absolute Gasteiger partial charge is 0.299 e. The molecule has 1 aromatic carbocycles. The Balaban J connectivity index is 2.37. The molecule has 0 saturated carbocycles. The number of hydrogen-bond donors (Lipinski definition) is 0. The number of ketones is 2. The molecule has 0 bridgehead atoms. The van der Waals surface area contributed by atoms with Gasteiger partial charge in [0.05, 0.1) is 11.9 Å². The van der Waals surface area contributed by atoms with Crippen molar-refractivity contribution in [2.45, 2.75) is 20.3 Å². The predicted octanol–water partition coefficient (Wildman–Crippen LogP) is 2.37. The third-order valence-corrected chi connectivity index (χ3v) is 3.00. The SMILES string of the molecule is CC(C)C(=O)CC(=O)c1nn(C)c2ccccc12. The maximum atomic E-state index is 12.1. The van der Waals surface area contributed by atoms with Gasteiger partial charge in [0.15, 0.2) is 5.78 Å². The lowest BCUT2D eigenvalue weighted by Crippen LogP contribution is -2.14. The highest BCUT2D eigenvalue weighted by atomic mass is 16.1. The summed E-state index contributed by atoms with van der Waals surface area (Å²) in [7, 11) is 1.80. The van der Waals surface area contributed by atoms with E-state index in [1.54, 1.807) is 25.6 Å². The van der Waals surface area contributed by atoms with Crippen molar-refractivity contribution in [2.75, 3.05) is 0 Å². The Morgan fingerprint density at radius 1 is 1.28 bits per heavy atom. The molecule has 0 unspecified atom stereocenters. The molecule has 0 amide bonds. The molecule has 0 fully saturated rings. The molecule has 1 heterocycles. The number of carbonyl (C=O) groups excluding carboxylic acids is 2. The van der Waals surface area contributed by atoms with E-state index in [0.717, 1.165) is 10.9 Å². The van der Waals surface area contributed by atoms with Crippen LogP contribution in [-0.4, -0.2) is 21.3 Å². The van der Waals surface area contributed by atoms with Crippen LogP contribution in [0.15, 0.2) is 24.3 Å². The van der Waals surface area contributed by atoms with Crippen LogP contribution in [0, 0.1) is 5.92 Å². The Kier molecular flexibility index (Phi) is 3.28. The van der Waals surface area contributed by atoms with E-state index in [9.17, 15) is 9.59 Å². The topological polar surface area (TPSA) is 52.0 Å². The van der Waals surface area contributed by atoms with Crippen LogP contribution in [0.3, 0.4) is 0 Å². The normalized spacial score (nSPS) is 11.1. The average molecular weight is 244 g/mol. The van der Waals surface area contributed by atoms with Gasteiger partial charge in [0.2, 0.25) is 0 Å². The van der Waals surface area contributed by atoms with Gasteiger partial charge in [0.1, 0.15) is 11.5 Å². The number of Topliss-reactive ketones (excluding diaryl/α,β-unsaturated/α-hetero) is 2. The van der Waals surface area contributed by atoms with Crippen molar-refractivity contribution >= 4 is 22.5 Å². The van der Waals surface area contributed by atoms with Gasteiger partial charge in [-0.15, -0.1) is 0 Å². The minimum absolute atomic E-state index is 0.0465. The number of hydrogen-bond acceptors (Lipinski definition) is 3. The van der Waals surface area contributed by atoms with E-state index in [-0.39, 0.29) is 23.9 Å². The van der Waals surface area contributed by atoms with E-state index in [4.69, 9.17) is 0 Å². The number of para-hydroxylation sites is 1. The van der Waals surface area contributed by atoms with Crippen LogP contribution in [0.4, 0.5) is 0 Å². The van der Waals surface area contributed by atoms with Crippen molar-refractivity contribution in [2.24, 2.45) is 13.0 Å². The molecule has 2 aromatic rings. The van der Waals surface area contributed by atoms with E-state index >= 15 is 0 Å². The summed E-state index contributed by atoms with van der Waals surface area (Å²) in [6, 6.07) is 7.53. The van der Waals surface area contributed by atoms with Crippen LogP contribution in [0.25, 0.3) is 10.9 Å². The van der Waals surface area contributed by atoms with Gasteiger partial charge in [-0.2, -0.15) is 5.10 Å². The highest BCUT2D eigenvalue weighted by Gasteiger charge is 2.19. The van der Waals surface area contributed by atoms with Gasteiger partial charge < -0.3 is 0 Å². The van der Waals surface area contributed by atoms with Crippen LogP contribution in [0.1, 0.15) is 30.8 Å². The number of benzene rings is 1. The van der Waals surface area contributed by atoms with Gasteiger partial charge in [-0.05, 0) is 6.07 Å². The van der Waals surface area contributed by atoms with E-state index in [2.05, 4.69) is 5.10 Å². The minimum Gasteiger partial charge on any atom is -0.299 e. The molecule has 18 heavy (non-hydrogen) atoms. The number of rotatable bonds is 4. The quantitative estimate of drug-likeness (QED) is 0.613. The minimum atomic E-state index is -0.203. The molecule has 0 aliphatic rings. The molecular weight excluding hydrogens is 228 g/mol. The summed E-state index contributed by atoms with van der Waals surface area (Å²) in [6.07, 6.45) is -0.0708. The van der Waals surface area contributed by atoms with Crippen LogP contribution in [0.5, 0.6) is 0 Å². The highest BCUT2D eigenvalue weighted by Crippen LogP contribution is 2.19. The second-order valence-electron chi connectivity index (χ2n) is 4.71. The van der Waals surface area contributed by atoms with Gasteiger partial charge in [0, 0.05) is 18.4 Å². The van der Waals surface area contributed by atoms with Crippen molar-refractivity contribution in [3.63, 3.8) is 0 Å². The smallest absolute Gasteiger partial charge is 0.191 e. The van der Waals surface area contributed by atoms with E-state index in [1.807, 2.05) is 24.3 Å². The highest BCUT2D eigenvalue weighted by molar-refractivity contribution is 6.13. The van der Waals surface area contributed by atoms with Crippen LogP contribution in [-0.2, 0) is 11.8 Å². The predicted molar refractivity (Wildman–Crippen MR) is 69.5 cm³/mol. The fourth-order valence-corrected chi connectivity index (χ4v) is 1.87. The summed E-state index contributed by atoms with van der Waals surface area (Å²) < 4.78 is 1.67. The zero-order valence-electron chi connectivity index (χ0n) is 10.8. The second-order valence-corrected chi connectivity index (χ2v) is 4.71. The van der Waals surface area contributed by atoms with Crippen molar-refractivity contribution in [3.8, 4) is 0 Å². The van der Waals surface area contributed by atoms with Crippen LogP contribution >= 0.6 is 0 Å². The molecule has 0 atom stereocenters. The molecule has 0 aliphatic heterocycles.